The summed E-state index contributed by atoms with van der Waals surface area (Å²) in [4.78, 5) is 16.5. The highest BCUT2D eigenvalue weighted by Gasteiger charge is 2.28. The highest BCUT2D eigenvalue weighted by Crippen LogP contribution is 2.28. The number of likely N-dealkylation sites (N-methyl/N-ethyl adjacent to an activating group) is 2. The van der Waals surface area contributed by atoms with E-state index in [4.69, 9.17) is 5.26 Å². The number of carbonyl (C=O) groups excluding carboxylic acids is 1. The van der Waals surface area contributed by atoms with Gasteiger partial charge in [-0.15, -0.1) is 0 Å². The summed E-state index contributed by atoms with van der Waals surface area (Å²) in [6.07, 6.45) is 0.816. The Kier molecular flexibility index (Phi) is 9.44. The van der Waals surface area contributed by atoms with Crippen LogP contribution in [-0.4, -0.2) is 38.0 Å². The molecule has 0 radical (unpaired) electrons. The van der Waals surface area contributed by atoms with Gasteiger partial charge < -0.3 is 9.80 Å². The molecule has 0 fully saturated rings. The van der Waals surface area contributed by atoms with Gasteiger partial charge in [0, 0.05) is 38.3 Å². The van der Waals surface area contributed by atoms with Gasteiger partial charge in [-0.2, -0.15) is 25.7 Å². The van der Waals surface area contributed by atoms with Crippen LogP contribution in [-0.2, 0) is 4.79 Å². The molecule has 3 rings (SSSR count). The number of rotatable bonds is 10. The minimum Gasteiger partial charge on any atom is -0.373 e. The minimum atomic E-state index is -0.338. The van der Waals surface area contributed by atoms with E-state index in [1.54, 1.807) is 24.3 Å². The second-order valence-corrected chi connectivity index (χ2v) is 9.93. The van der Waals surface area contributed by atoms with Crippen LogP contribution in [0.3, 0.4) is 0 Å². The third-order valence-corrected chi connectivity index (χ3v) is 6.60. The standard InChI is InChI=1S/C30H35N7O/c1-7-30(3,4)29(38)37(6)19-18-36(5)27-15-12-25(13-16-27)33-35-28-17-14-26(20-22(28)2)34-32-24-10-8-23(21-31)9-11-24/h8-17,20H,7,18-19H2,1-6H3. The molecule has 3 aromatic rings. The molecular weight excluding hydrogens is 474 g/mol. The van der Waals surface area contributed by atoms with Crippen molar-refractivity contribution in [3.63, 3.8) is 0 Å². The molecule has 8 heteroatoms. The van der Waals surface area contributed by atoms with Gasteiger partial charge in [0.1, 0.15) is 0 Å². The number of nitriles is 1. The molecule has 38 heavy (non-hydrogen) atoms. The molecule has 196 valence electrons. The molecular formula is C30H35N7O. The molecule has 3 aromatic carbocycles. The highest BCUT2D eigenvalue weighted by molar-refractivity contribution is 5.81. The molecule has 0 saturated heterocycles. The Morgan fingerprint density at radius 1 is 0.842 bits per heavy atom. The van der Waals surface area contributed by atoms with Gasteiger partial charge in [-0.1, -0.05) is 20.8 Å². The summed E-state index contributed by atoms with van der Waals surface area (Å²) in [6.45, 7) is 9.36. The first-order valence-corrected chi connectivity index (χ1v) is 12.6. The lowest BCUT2D eigenvalue weighted by atomic mass is 9.89. The quantitative estimate of drug-likeness (QED) is 0.259. The van der Waals surface area contributed by atoms with Crippen LogP contribution in [0.2, 0.25) is 0 Å². The number of hydrogen-bond acceptors (Lipinski definition) is 7. The van der Waals surface area contributed by atoms with Crippen LogP contribution in [0, 0.1) is 23.7 Å². The number of carbonyl (C=O) groups is 1. The fourth-order valence-electron chi connectivity index (χ4n) is 3.62. The molecule has 1 amide bonds. The number of aryl methyl sites for hydroxylation is 1. The maximum absolute atomic E-state index is 12.6. The Morgan fingerprint density at radius 3 is 1.97 bits per heavy atom. The number of hydrogen-bond donors (Lipinski definition) is 0. The summed E-state index contributed by atoms with van der Waals surface area (Å²) in [5.74, 6) is 0.168. The third kappa shape index (κ3) is 7.56. The maximum atomic E-state index is 12.6. The molecule has 0 spiro atoms. The zero-order valence-corrected chi connectivity index (χ0v) is 23.0. The zero-order valence-electron chi connectivity index (χ0n) is 23.0. The van der Waals surface area contributed by atoms with Crippen LogP contribution in [0.15, 0.2) is 87.2 Å². The van der Waals surface area contributed by atoms with Gasteiger partial charge in [-0.25, -0.2) is 0 Å². The predicted octanol–water partition coefficient (Wildman–Crippen LogP) is 8.03. The first kappa shape index (κ1) is 28.2. The Bertz CT molecular complexity index is 1340. The fourth-order valence-corrected chi connectivity index (χ4v) is 3.62. The molecule has 0 aromatic heterocycles. The second-order valence-electron chi connectivity index (χ2n) is 9.93. The van der Waals surface area contributed by atoms with E-state index in [2.05, 4.69) is 31.4 Å². The first-order chi connectivity index (χ1) is 18.1. The predicted molar refractivity (Wildman–Crippen MR) is 152 cm³/mol. The van der Waals surface area contributed by atoms with Gasteiger partial charge in [-0.05, 0) is 85.6 Å². The van der Waals surface area contributed by atoms with Crippen molar-refractivity contribution in [2.45, 2.75) is 34.1 Å². The van der Waals surface area contributed by atoms with Gasteiger partial charge in [0.15, 0.2) is 0 Å². The molecule has 0 N–H and O–H groups in total. The molecule has 0 aliphatic heterocycles. The average Bonchev–Trinajstić information content (AvgIpc) is 2.94. The Labute approximate surface area is 225 Å². The third-order valence-electron chi connectivity index (χ3n) is 6.60. The fraction of sp³-hybridized carbons (Fsp3) is 0.333. The van der Waals surface area contributed by atoms with Crippen LogP contribution in [0.25, 0.3) is 0 Å². The van der Waals surface area contributed by atoms with Crippen molar-refractivity contribution in [2.75, 3.05) is 32.1 Å². The topological polar surface area (TPSA) is 96.8 Å². The molecule has 0 aliphatic rings. The smallest absolute Gasteiger partial charge is 0.228 e. The van der Waals surface area contributed by atoms with Crippen LogP contribution >= 0.6 is 0 Å². The van der Waals surface area contributed by atoms with E-state index in [0.717, 1.165) is 35.6 Å². The lowest BCUT2D eigenvalue weighted by molar-refractivity contribution is -0.139. The van der Waals surface area contributed by atoms with Crippen LogP contribution in [0.1, 0.15) is 38.3 Å². The molecule has 0 saturated carbocycles. The summed E-state index contributed by atoms with van der Waals surface area (Å²) in [5.41, 5.74) is 5.14. The lowest BCUT2D eigenvalue weighted by Crippen LogP contribution is -2.41. The second kappa shape index (κ2) is 12.7. The minimum absolute atomic E-state index is 0.168. The normalized spacial score (nSPS) is 11.6. The molecule has 0 heterocycles. The molecule has 0 bridgehead atoms. The van der Waals surface area contributed by atoms with E-state index >= 15 is 0 Å². The van der Waals surface area contributed by atoms with E-state index in [1.807, 2.05) is 89.2 Å². The van der Waals surface area contributed by atoms with Crippen LogP contribution in [0.4, 0.5) is 28.4 Å². The van der Waals surface area contributed by atoms with E-state index in [1.165, 1.54) is 0 Å². The lowest BCUT2D eigenvalue weighted by Gasteiger charge is -2.30. The highest BCUT2D eigenvalue weighted by atomic mass is 16.2. The van der Waals surface area contributed by atoms with Gasteiger partial charge in [0.05, 0.1) is 34.4 Å². The number of anilines is 1. The summed E-state index contributed by atoms with van der Waals surface area (Å²) in [5, 5.41) is 26.2. The van der Waals surface area contributed by atoms with Crippen LogP contribution < -0.4 is 4.90 Å². The van der Waals surface area contributed by atoms with Crippen molar-refractivity contribution in [3.05, 3.63) is 77.9 Å². The van der Waals surface area contributed by atoms with Crippen molar-refractivity contribution in [3.8, 4) is 6.07 Å². The van der Waals surface area contributed by atoms with Gasteiger partial charge in [0.2, 0.25) is 5.91 Å². The summed E-state index contributed by atoms with van der Waals surface area (Å²) in [6, 6.07) is 22.5. The van der Waals surface area contributed by atoms with E-state index in [-0.39, 0.29) is 11.3 Å². The number of amides is 1. The SMILES string of the molecule is CCC(C)(C)C(=O)N(C)CCN(C)c1ccc(N=Nc2ccc(N=Nc3ccc(C#N)cc3)cc2C)cc1. The summed E-state index contributed by atoms with van der Waals surface area (Å²) in [7, 11) is 3.88. The van der Waals surface area contributed by atoms with E-state index in [0.29, 0.717) is 23.5 Å². The van der Waals surface area contributed by atoms with Gasteiger partial charge >= 0.3 is 0 Å². The summed E-state index contributed by atoms with van der Waals surface area (Å²) >= 11 is 0. The van der Waals surface area contributed by atoms with Crippen molar-refractivity contribution in [1.29, 1.82) is 5.26 Å². The zero-order chi connectivity index (χ0) is 27.7. The largest absolute Gasteiger partial charge is 0.373 e. The van der Waals surface area contributed by atoms with Crippen molar-refractivity contribution in [1.82, 2.24) is 4.90 Å². The molecule has 8 nitrogen and oxygen atoms in total. The van der Waals surface area contributed by atoms with Gasteiger partial charge in [0.25, 0.3) is 0 Å². The van der Waals surface area contributed by atoms with Crippen LogP contribution in [0.5, 0.6) is 0 Å². The molecule has 0 atom stereocenters. The Morgan fingerprint density at radius 2 is 1.39 bits per heavy atom. The van der Waals surface area contributed by atoms with E-state index in [9.17, 15) is 4.79 Å². The summed E-state index contributed by atoms with van der Waals surface area (Å²) < 4.78 is 0. The maximum Gasteiger partial charge on any atom is 0.228 e. The number of nitrogens with zero attached hydrogens (tertiary/aromatic N) is 7. The Balaban J connectivity index is 1.57. The Hall–Kier alpha value is -4.38. The van der Waals surface area contributed by atoms with Gasteiger partial charge in [-0.3, -0.25) is 4.79 Å². The first-order valence-electron chi connectivity index (χ1n) is 12.6. The number of azo groups is 2. The van der Waals surface area contributed by atoms with Crippen molar-refractivity contribution < 1.29 is 4.79 Å². The molecule has 0 unspecified atom stereocenters. The molecule has 0 aliphatic carbocycles. The van der Waals surface area contributed by atoms with Crippen molar-refractivity contribution in [2.24, 2.45) is 25.9 Å². The monoisotopic (exact) mass is 509 g/mol. The van der Waals surface area contributed by atoms with Crippen molar-refractivity contribution >= 4 is 34.3 Å². The van der Waals surface area contributed by atoms with E-state index < -0.39 is 0 Å². The number of benzene rings is 3. The average molecular weight is 510 g/mol.